The lowest BCUT2D eigenvalue weighted by Crippen LogP contribution is -2.17. The SMILES string of the molecule is O=C(O)CCNCc1ccc(OCc2ccc3c(cnn3Cc3ccccc3)c2)cc1. The number of carboxylic acids is 1. The molecule has 0 saturated carbocycles. The molecule has 6 nitrogen and oxygen atoms in total. The number of ether oxygens (including phenoxy) is 1. The smallest absolute Gasteiger partial charge is 0.304 e. The normalized spacial score (nSPS) is 11.0. The van der Waals surface area contributed by atoms with Crippen LogP contribution >= 0.6 is 0 Å². The van der Waals surface area contributed by atoms with Crippen molar-refractivity contribution in [1.29, 1.82) is 0 Å². The zero-order valence-electron chi connectivity index (χ0n) is 17.2. The topological polar surface area (TPSA) is 76.4 Å². The van der Waals surface area contributed by atoms with Crippen molar-refractivity contribution in [3.63, 3.8) is 0 Å². The summed E-state index contributed by atoms with van der Waals surface area (Å²) in [5.74, 6) is 0.00660. The number of benzene rings is 3. The first-order chi connectivity index (χ1) is 15.2. The average molecular weight is 415 g/mol. The van der Waals surface area contributed by atoms with Gasteiger partial charge in [-0.15, -0.1) is 0 Å². The lowest BCUT2D eigenvalue weighted by molar-refractivity contribution is -0.136. The number of fused-ring (bicyclic) bond motifs is 1. The Kier molecular flexibility index (Phi) is 6.59. The van der Waals surface area contributed by atoms with Crippen LogP contribution in [0.2, 0.25) is 0 Å². The summed E-state index contributed by atoms with van der Waals surface area (Å²) >= 11 is 0. The summed E-state index contributed by atoms with van der Waals surface area (Å²) in [6.45, 7) is 2.32. The molecule has 3 aromatic carbocycles. The Bertz CT molecular complexity index is 1140. The predicted octanol–water partition coefficient (Wildman–Crippen LogP) is 4.23. The summed E-state index contributed by atoms with van der Waals surface area (Å²) in [6.07, 6.45) is 2.02. The summed E-state index contributed by atoms with van der Waals surface area (Å²) < 4.78 is 7.94. The molecule has 0 bridgehead atoms. The van der Waals surface area contributed by atoms with Crippen molar-refractivity contribution in [3.05, 3.63) is 95.7 Å². The number of hydrogen-bond donors (Lipinski definition) is 2. The van der Waals surface area contributed by atoms with E-state index in [-0.39, 0.29) is 6.42 Å². The quantitative estimate of drug-likeness (QED) is 0.379. The third kappa shape index (κ3) is 5.71. The van der Waals surface area contributed by atoms with Crippen LogP contribution in [-0.2, 0) is 24.5 Å². The first-order valence-corrected chi connectivity index (χ1v) is 10.3. The van der Waals surface area contributed by atoms with Crippen LogP contribution in [0.3, 0.4) is 0 Å². The molecule has 0 unspecified atom stereocenters. The van der Waals surface area contributed by atoms with Gasteiger partial charge in [0.15, 0.2) is 0 Å². The maximum absolute atomic E-state index is 10.5. The molecule has 0 aliphatic carbocycles. The van der Waals surface area contributed by atoms with Crippen molar-refractivity contribution >= 4 is 16.9 Å². The fourth-order valence-corrected chi connectivity index (χ4v) is 3.41. The van der Waals surface area contributed by atoms with Crippen LogP contribution in [0.1, 0.15) is 23.1 Å². The molecule has 2 N–H and O–H groups in total. The van der Waals surface area contributed by atoms with Crippen LogP contribution in [-0.4, -0.2) is 27.4 Å². The fraction of sp³-hybridized carbons (Fsp3) is 0.200. The van der Waals surface area contributed by atoms with Gasteiger partial charge >= 0.3 is 5.97 Å². The van der Waals surface area contributed by atoms with E-state index in [1.165, 1.54) is 5.56 Å². The van der Waals surface area contributed by atoms with Crippen molar-refractivity contribution in [2.45, 2.75) is 26.1 Å². The van der Waals surface area contributed by atoms with E-state index >= 15 is 0 Å². The Labute approximate surface area is 181 Å². The van der Waals surface area contributed by atoms with Crippen molar-refractivity contribution in [2.75, 3.05) is 6.54 Å². The number of carboxylic acid groups (broad SMARTS) is 1. The molecular weight excluding hydrogens is 390 g/mol. The molecule has 4 rings (SSSR count). The highest BCUT2D eigenvalue weighted by Gasteiger charge is 2.06. The van der Waals surface area contributed by atoms with E-state index in [0.29, 0.717) is 19.7 Å². The van der Waals surface area contributed by atoms with Crippen LogP contribution in [0.15, 0.2) is 79.0 Å². The van der Waals surface area contributed by atoms with Crippen molar-refractivity contribution in [3.8, 4) is 5.75 Å². The molecule has 4 aromatic rings. The minimum Gasteiger partial charge on any atom is -0.489 e. The van der Waals surface area contributed by atoms with E-state index in [2.05, 4.69) is 40.7 Å². The summed E-state index contributed by atoms with van der Waals surface area (Å²) in [5, 5.41) is 17.4. The van der Waals surface area contributed by atoms with Gasteiger partial charge in [0.05, 0.1) is 24.7 Å². The van der Waals surface area contributed by atoms with Crippen LogP contribution in [0.4, 0.5) is 0 Å². The lowest BCUT2D eigenvalue weighted by Gasteiger charge is -2.09. The Balaban J connectivity index is 1.32. The van der Waals surface area contributed by atoms with Gasteiger partial charge in [-0.1, -0.05) is 48.5 Å². The maximum Gasteiger partial charge on any atom is 0.304 e. The zero-order chi connectivity index (χ0) is 21.5. The van der Waals surface area contributed by atoms with Gasteiger partial charge < -0.3 is 15.2 Å². The molecule has 0 aliphatic heterocycles. The van der Waals surface area contributed by atoms with E-state index in [9.17, 15) is 4.79 Å². The first kappa shape index (κ1) is 20.6. The van der Waals surface area contributed by atoms with Gasteiger partial charge in [0.25, 0.3) is 0 Å². The number of nitrogens with one attached hydrogen (secondary N) is 1. The number of hydrogen-bond acceptors (Lipinski definition) is 4. The molecule has 1 aromatic heterocycles. The molecule has 31 heavy (non-hydrogen) atoms. The molecule has 0 radical (unpaired) electrons. The first-order valence-electron chi connectivity index (χ1n) is 10.3. The van der Waals surface area contributed by atoms with E-state index in [0.717, 1.165) is 34.3 Å². The summed E-state index contributed by atoms with van der Waals surface area (Å²) in [5.41, 5.74) is 4.50. The molecular formula is C25H25N3O3. The van der Waals surface area contributed by atoms with Crippen LogP contribution < -0.4 is 10.1 Å². The van der Waals surface area contributed by atoms with Crippen molar-refractivity contribution < 1.29 is 14.6 Å². The summed E-state index contributed by atoms with van der Waals surface area (Å²) in [6, 6.07) is 24.4. The summed E-state index contributed by atoms with van der Waals surface area (Å²) in [4.78, 5) is 10.5. The van der Waals surface area contributed by atoms with Gasteiger partial charge in [0.2, 0.25) is 0 Å². The Morgan fingerprint density at radius 3 is 2.52 bits per heavy atom. The van der Waals surface area contributed by atoms with Crippen molar-refractivity contribution in [1.82, 2.24) is 15.1 Å². The molecule has 0 spiro atoms. The van der Waals surface area contributed by atoms with Crippen LogP contribution in [0.25, 0.3) is 10.9 Å². The average Bonchev–Trinajstić information content (AvgIpc) is 3.18. The Morgan fingerprint density at radius 1 is 0.968 bits per heavy atom. The minimum absolute atomic E-state index is 0.122. The highest BCUT2D eigenvalue weighted by atomic mass is 16.5. The molecule has 6 heteroatoms. The van der Waals surface area contributed by atoms with E-state index in [1.807, 2.05) is 53.3 Å². The van der Waals surface area contributed by atoms with Gasteiger partial charge in [-0.2, -0.15) is 5.10 Å². The monoisotopic (exact) mass is 415 g/mol. The third-order valence-electron chi connectivity index (χ3n) is 5.06. The van der Waals surface area contributed by atoms with Gasteiger partial charge in [-0.3, -0.25) is 9.48 Å². The number of aromatic nitrogens is 2. The standard InChI is InChI=1S/C25H25N3O3/c29-25(30)12-13-26-15-19-6-9-23(10-7-19)31-18-21-8-11-24-22(14-21)16-27-28(24)17-20-4-2-1-3-5-20/h1-11,14,16,26H,12-13,15,17-18H2,(H,29,30). The Morgan fingerprint density at radius 2 is 1.74 bits per heavy atom. The summed E-state index contributed by atoms with van der Waals surface area (Å²) in [7, 11) is 0. The maximum atomic E-state index is 10.5. The van der Waals surface area contributed by atoms with E-state index in [4.69, 9.17) is 9.84 Å². The second kappa shape index (κ2) is 9.91. The van der Waals surface area contributed by atoms with Crippen LogP contribution in [0.5, 0.6) is 5.75 Å². The molecule has 0 atom stereocenters. The second-order valence-corrected chi connectivity index (χ2v) is 7.43. The highest BCUT2D eigenvalue weighted by Crippen LogP contribution is 2.19. The van der Waals surface area contributed by atoms with Crippen molar-refractivity contribution in [2.24, 2.45) is 0 Å². The minimum atomic E-state index is -0.794. The number of aliphatic carboxylic acids is 1. The fourth-order valence-electron chi connectivity index (χ4n) is 3.41. The van der Waals surface area contributed by atoms with Crippen LogP contribution in [0, 0.1) is 0 Å². The largest absolute Gasteiger partial charge is 0.489 e. The van der Waals surface area contributed by atoms with Gasteiger partial charge in [-0.25, -0.2) is 0 Å². The molecule has 0 fully saturated rings. The number of nitrogens with zero attached hydrogens (tertiary/aromatic N) is 2. The van der Waals surface area contributed by atoms with Gasteiger partial charge in [0.1, 0.15) is 12.4 Å². The number of rotatable bonds is 10. The Hall–Kier alpha value is -3.64. The molecule has 158 valence electrons. The molecule has 1 heterocycles. The second-order valence-electron chi connectivity index (χ2n) is 7.43. The molecule has 0 saturated heterocycles. The van der Waals surface area contributed by atoms with Gasteiger partial charge in [-0.05, 0) is 41.0 Å². The molecule has 0 aliphatic rings. The lowest BCUT2D eigenvalue weighted by atomic mass is 10.1. The zero-order valence-corrected chi connectivity index (χ0v) is 17.2. The molecule has 0 amide bonds. The number of carbonyl (C=O) groups is 1. The van der Waals surface area contributed by atoms with E-state index < -0.39 is 5.97 Å². The third-order valence-corrected chi connectivity index (χ3v) is 5.06. The highest BCUT2D eigenvalue weighted by molar-refractivity contribution is 5.79. The van der Waals surface area contributed by atoms with E-state index in [1.54, 1.807) is 0 Å². The predicted molar refractivity (Wildman–Crippen MR) is 120 cm³/mol. The van der Waals surface area contributed by atoms with Gasteiger partial charge in [0, 0.05) is 18.5 Å².